The lowest BCUT2D eigenvalue weighted by Crippen LogP contribution is -1.91. The Morgan fingerprint density at radius 2 is 0.823 bits per heavy atom. The predicted octanol–water partition coefficient (Wildman–Crippen LogP) is 15.7. The van der Waals surface area contributed by atoms with Crippen molar-refractivity contribution in [2.24, 2.45) is 7.05 Å². The first-order valence-electron chi connectivity index (χ1n) is 21.2. The summed E-state index contributed by atoms with van der Waals surface area (Å²) >= 11 is 0. The molecule has 13 rings (SSSR count). The first-order chi connectivity index (χ1) is 30.6. The van der Waals surface area contributed by atoms with E-state index in [1.807, 2.05) is 18.7 Å². The van der Waals surface area contributed by atoms with Crippen LogP contribution in [0.4, 0.5) is 0 Å². The van der Waals surface area contributed by atoms with Gasteiger partial charge < -0.3 is 4.57 Å². The van der Waals surface area contributed by atoms with Gasteiger partial charge in [0.1, 0.15) is 0 Å². The third-order valence-electron chi connectivity index (χ3n) is 13.2. The van der Waals surface area contributed by atoms with E-state index >= 15 is 0 Å². The normalized spacial score (nSPS) is 12.0. The highest BCUT2D eigenvalue weighted by molar-refractivity contribution is 6.19. The summed E-state index contributed by atoms with van der Waals surface area (Å²) in [6, 6.07) is 69.6. The lowest BCUT2D eigenvalue weighted by Gasteiger charge is -2.13. The van der Waals surface area contributed by atoms with Crippen LogP contribution in [0.1, 0.15) is 0 Å². The van der Waals surface area contributed by atoms with Crippen LogP contribution in [-0.2, 0) is 7.05 Å². The van der Waals surface area contributed by atoms with Crippen molar-refractivity contribution < 1.29 is 0 Å². The Bertz CT molecular complexity index is 4010. The molecule has 0 bridgehead atoms. The van der Waals surface area contributed by atoms with Crippen LogP contribution in [0.5, 0.6) is 0 Å². The van der Waals surface area contributed by atoms with Gasteiger partial charge >= 0.3 is 0 Å². The van der Waals surface area contributed by atoms with Gasteiger partial charge in [-0.15, -0.1) is 0 Å². The number of nitrogens with zero attached hydrogens (tertiary/aromatic N) is 3. The minimum atomic E-state index is 1.01. The third-order valence-corrected chi connectivity index (χ3v) is 13.2. The zero-order valence-electron chi connectivity index (χ0n) is 34.0. The Kier molecular flexibility index (Phi) is 7.52. The van der Waals surface area contributed by atoms with Gasteiger partial charge in [0, 0.05) is 36.0 Å². The summed E-state index contributed by atoms with van der Waals surface area (Å²) in [7, 11) is 2.10. The Morgan fingerprint density at radius 3 is 1.50 bits per heavy atom. The fourth-order valence-corrected chi connectivity index (χ4v) is 10.1. The van der Waals surface area contributed by atoms with Crippen LogP contribution in [0.3, 0.4) is 0 Å². The molecule has 0 atom stereocenters. The largest absolute Gasteiger partial charge is 0.333 e. The summed E-state index contributed by atoms with van der Waals surface area (Å²) in [5, 5.41) is 17.5. The maximum absolute atomic E-state index is 5.00. The molecule has 2 aromatic heterocycles. The number of hydrogen-bond donors (Lipinski definition) is 0. The van der Waals surface area contributed by atoms with Crippen molar-refractivity contribution in [2.45, 2.75) is 0 Å². The standard InChI is InChI=1S/C59H37N3/c1-62-35-61-58-52(25-26-53(59(58)62)46-14-20-51-44(33-46)16-22-54-48-8-3-2-5-36(48)11-21-55(51)54)45-13-19-50-43(32-45)17-24-56-49-18-12-40(31-42(49)15-23-57(50)56)38-7-4-6-37(29-38)39-9-10-47-34-60-28-27-41(47)30-39/h2-35H,1H3. The maximum atomic E-state index is 5.00. The summed E-state index contributed by atoms with van der Waals surface area (Å²) in [5.41, 5.74) is 11.7. The van der Waals surface area contributed by atoms with E-state index in [4.69, 9.17) is 4.98 Å². The highest BCUT2D eigenvalue weighted by atomic mass is 15.0. The lowest BCUT2D eigenvalue weighted by atomic mass is 9.91. The third kappa shape index (κ3) is 5.38. The Balaban J connectivity index is 0.847. The SMILES string of the molecule is Cn1cnc2c(-c3ccc4c(ccc5c6ccc(-c7cccc(-c8ccc9cnccc9c8)c7)cc6ccc45)c3)ccc(-c3ccc4c(ccc5c6ccccc6ccc45)c3)c21. The van der Waals surface area contributed by atoms with Crippen LogP contribution in [0.15, 0.2) is 207 Å². The number of pyridine rings is 1. The molecule has 62 heavy (non-hydrogen) atoms. The molecule has 0 amide bonds. The van der Waals surface area contributed by atoms with Crippen LogP contribution in [0.25, 0.3) is 131 Å². The fourth-order valence-electron chi connectivity index (χ4n) is 10.1. The van der Waals surface area contributed by atoms with Gasteiger partial charge in [0.15, 0.2) is 0 Å². The van der Waals surface area contributed by atoms with Crippen molar-refractivity contribution in [3.8, 4) is 44.5 Å². The Hall–Kier alpha value is -8.14. The topological polar surface area (TPSA) is 30.7 Å². The van der Waals surface area contributed by atoms with Crippen LogP contribution in [-0.4, -0.2) is 14.5 Å². The average molecular weight is 788 g/mol. The highest BCUT2D eigenvalue weighted by Gasteiger charge is 2.16. The first-order valence-corrected chi connectivity index (χ1v) is 21.2. The van der Waals surface area contributed by atoms with E-state index in [9.17, 15) is 0 Å². The summed E-state index contributed by atoms with van der Waals surface area (Å²) in [5.74, 6) is 0. The number of aromatic nitrogens is 3. The van der Waals surface area contributed by atoms with Gasteiger partial charge in [0.25, 0.3) is 0 Å². The highest BCUT2D eigenvalue weighted by Crippen LogP contribution is 2.40. The summed E-state index contributed by atoms with van der Waals surface area (Å²) in [6.07, 6.45) is 5.72. The van der Waals surface area contributed by atoms with Crippen molar-refractivity contribution in [3.05, 3.63) is 207 Å². The van der Waals surface area contributed by atoms with Crippen LogP contribution >= 0.6 is 0 Å². The number of fused-ring (bicyclic) bond motifs is 12. The average Bonchev–Trinajstić information content (AvgIpc) is 3.73. The van der Waals surface area contributed by atoms with Gasteiger partial charge in [-0.2, -0.15) is 0 Å². The van der Waals surface area contributed by atoms with Crippen molar-refractivity contribution >= 4 is 86.4 Å². The van der Waals surface area contributed by atoms with Gasteiger partial charge in [-0.3, -0.25) is 4.98 Å². The zero-order valence-corrected chi connectivity index (χ0v) is 34.0. The molecule has 0 radical (unpaired) electrons. The number of aryl methyl sites for hydroxylation is 1. The quantitative estimate of drug-likeness (QED) is 0.166. The monoisotopic (exact) mass is 787 g/mol. The molecular weight excluding hydrogens is 751 g/mol. The van der Waals surface area contributed by atoms with Crippen molar-refractivity contribution in [2.75, 3.05) is 0 Å². The zero-order chi connectivity index (χ0) is 40.9. The number of imidazole rings is 1. The first kappa shape index (κ1) is 34.7. The van der Waals surface area contributed by atoms with Gasteiger partial charge in [0.2, 0.25) is 0 Å². The van der Waals surface area contributed by atoms with Crippen LogP contribution < -0.4 is 0 Å². The molecule has 0 saturated heterocycles. The molecule has 0 N–H and O–H groups in total. The van der Waals surface area contributed by atoms with Crippen molar-refractivity contribution in [1.29, 1.82) is 0 Å². The number of hydrogen-bond acceptors (Lipinski definition) is 2. The molecular formula is C59H37N3. The van der Waals surface area contributed by atoms with Crippen LogP contribution in [0.2, 0.25) is 0 Å². The molecule has 3 nitrogen and oxygen atoms in total. The minimum Gasteiger partial charge on any atom is -0.333 e. The molecule has 13 aromatic rings. The van der Waals surface area contributed by atoms with E-state index in [2.05, 4.69) is 205 Å². The van der Waals surface area contributed by atoms with Gasteiger partial charge in [-0.25, -0.2) is 4.98 Å². The molecule has 288 valence electrons. The molecule has 0 aliphatic heterocycles. The molecule has 3 heteroatoms. The molecule has 0 unspecified atom stereocenters. The summed E-state index contributed by atoms with van der Waals surface area (Å²) < 4.78 is 2.16. The van der Waals surface area contributed by atoms with E-state index in [1.54, 1.807) is 0 Å². The maximum Gasteiger partial charge on any atom is 0.0969 e. The minimum absolute atomic E-state index is 1.01. The van der Waals surface area contributed by atoms with E-state index in [-0.39, 0.29) is 0 Å². The van der Waals surface area contributed by atoms with Crippen molar-refractivity contribution in [1.82, 2.24) is 14.5 Å². The molecule has 0 saturated carbocycles. The molecule has 0 spiro atoms. The molecule has 0 aliphatic rings. The molecule has 11 aromatic carbocycles. The Morgan fingerprint density at radius 1 is 0.339 bits per heavy atom. The number of rotatable bonds is 4. The van der Waals surface area contributed by atoms with Gasteiger partial charge in [-0.1, -0.05) is 152 Å². The predicted molar refractivity (Wildman–Crippen MR) is 263 cm³/mol. The molecule has 0 fully saturated rings. The summed E-state index contributed by atoms with van der Waals surface area (Å²) in [4.78, 5) is 9.27. The van der Waals surface area contributed by atoms with Gasteiger partial charge in [-0.05, 0) is 140 Å². The smallest absolute Gasteiger partial charge is 0.0969 e. The molecule has 0 aliphatic carbocycles. The van der Waals surface area contributed by atoms with E-state index in [0.717, 1.165) is 27.5 Å². The van der Waals surface area contributed by atoms with Crippen molar-refractivity contribution in [3.63, 3.8) is 0 Å². The molecule has 2 heterocycles. The lowest BCUT2D eigenvalue weighted by molar-refractivity contribution is 0.948. The second kappa shape index (κ2) is 13.4. The number of benzene rings is 11. The van der Waals surface area contributed by atoms with Crippen LogP contribution in [0, 0.1) is 0 Å². The van der Waals surface area contributed by atoms with Gasteiger partial charge in [0.05, 0.1) is 17.4 Å². The van der Waals surface area contributed by atoms with E-state index < -0.39 is 0 Å². The van der Waals surface area contributed by atoms with E-state index in [1.165, 1.54) is 103 Å². The van der Waals surface area contributed by atoms with E-state index in [0.29, 0.717) is 0 Å². The second-order valence-electron chi connectivity index (χ2n) is 16.7. The summed E-state index contributed by atoms with van der Waals surface area (Å²) in [6.45, 7) is 0. The fraction of sp³-hybridized carbons (Fsp3) is 0.0169. The second-order valence-corrected chi connectivity index (χ2v) is 16.7. The Labute approximate surface area is 357 Å².